The first-order valence-electron chi connectivity index (χ1n) is 5.15. The first kappa shape index (κ1) is 11.8. The van der Waals surface area contributed by atoms with Gasteiger partial charge in [0.2, 0.25) is 5.91 Å². The molecule has 5 nitrogen and oxygen atoms in total. The van der Waals surface area contributed by atoms with Crippen molar-refractivity contribution in [2.75, 3.05) is 13.1 Å². The van der Waals surface area contributed by atoms with E-state index in [1.165, 1.54) is 11.5 Å². The Labute approximate surface area is 103 Å². The number of primary amides is 1. The Hall–Kier alpha value is -0.720. The third-order valence-electron chi connectivity index (χ3n) is 2.79. The topological polar surface area (TPSA) is 72.1 Å². The number of carbonyl (C=O) groups excluding carboxylic acids is 1. The fraction of sp³-hybridized carbons (Fsp3) is 0.667. The van der Waals surface area contributed by atoms with Gasteiger partial charge in [0.25, 0.3) is 0 Å². The molecule has 16 heavy (non-hydrogen) atoms. The summed E-state index contributed by atoms with van der Waals surface area (Å²) < 4.78 is 4.41. The number of nitrogens with two attached hydrogens (primary N) is 1. The number of aromatic nitrogens is 2. The minimum Gasteiger partial charge on any atom is -0.369 e. The smallest absolute Gasteiger partial charge is 0.221 e. The second-order valence-corrected chi connectivity index (χ2v) is 5.33. The van der Waals surface area contributed by atoms with Gasteiger partial charge >= 0.3 is 0 Å². The monoisotopic (exact) mass is 260 g/mol. The molecule has 0 radical (unpaired) electrons. The SMILES string of the molecule is NC(=O)C1CCCN(Cc2nnsc2Cl)C1. The molecule has 2 heterocycles. The molecule has 1 saturated heterocycles. The van der Waals surface area contributed by atoms with Gasteiger partial charge in [0.1, 0.15) is 10.0 Å². The molecular weight excluding hydrogens is 248 g/mol. The molecule has 1 unspecified atom stereocenters. The standard InChI is InChI=1S/C9H13ClN4OS/c10-8-7(12-13-16-8)5-14-3-1-2-6(4-14)9(11)15/h6H,1-5H2,(H2,11,15). The molecule has 7 heteroatoms. The predicted octanol–water partition coefficient (Wildman–Crippen LogP) is 0.889. The lowest BCUT2D eigenvalue weighted by Gasteiger charge is -2.30. The van der Waals surface area contributed by atoms with Crippen LogP contribution in [0.3, 0.4) is 0 Å². The summed E-state index contributed by atoms with van der Waals surface area (Å²) in [6, 6.07) is 0. The Morgan fingerprint density at radius 1 is 1.69 bits per heavy atom. The minimum absolute atomic E-state index is 0.0425. The van der Waals surface area contributed by atoms with E-state index in [2.05, 4.69) is 14.5 Å². The van der Waals surface area contributed by atoms with Crippen LogP contribution in [0.15, 0.2) is 0 Å². The summed E-state index contributed by atoms with van der Waals surface area (Å²) >= 11 is 7.12. The van der Waals surface area contributed by atoms with E-state index in [4.69, 9.17) is 17.3 Å². The summed E-state index contributed by atoms with van der Waals surface area (Å²) in [4.78, 5) is 13.3. The Morgan fingerprint density at radius 3 is 3.12 bits per heavy atom. The van der Waals surface area contributed by atoms with Crippen molar-refractivity contribution >= 4 is 29.0 Å². The molecule has 1 fully saturated rings. The number of nitrogens with zero attached hydrogens (tertiary/aromatic N) is 3. The molecule has 1 amide bonds. The van der Waals surface area contributed by atoms with Gasteiger partial charge in [0.15, 0.2) is 0 Å². The van der Waals surface area contributed by atoms with Crippen LogP contribution in [-0.4, -0.2) is 33.5 Å². The second-order valence-electron chi connectivity index (χ2n) is 3.97. The van der Waals surface area contributed by atoms with Crippen LogP contribution in [0.2, 0.25) is 4.34 Å². The molecule has 2 rings (SSSR count). The van der Waals surface area contributed by atoms with Crippen LogP contribution >= 0.6 is 23.1 Å². The highest BCUT2D eigenvalue weighted by atomic mass is 35.5. The Morgan fingerprint density at radius 2 is 2.50 bits per heavy atom. The fourth-order valence-corrected chi connectivity index (χ4v) is 2.55. The van der Waals surface area contributed by atoms with Crippen LogP contribution in [-0.2, 0) is 11.3 Å². The van der Waals surface area contributed by atoms with Gasteiger partial charge in [-0.1, -0.05) is 16.1 Å². The predicted molar refractivity (Wildman–Crippen MR) is 62.1 cm³/mol. The van der Waals surface area contributed by atoms with Gasteiger partial charge in [-0.3, -0.25) is 9.69 Å². The maximum atomic E-state index is 11.1. The summed E-state index contributed by atoms with van der Waals surface area (Å²) in [5.74, 6) is -0.258. The van der Waals surface area contributed by atoms with Crippen LogP contribution in [0.5, 0.6) is 0 Å². The quantitative estimate of drug-likeness (QED) is 0.876. The van der Waals surface area contributed by atoms with E-state index in [1.54, 1.807) is 0 Å². The van der Waals surface area contributed by atoms with E-state index in [-0.39, 0.29) is 11.8 Å². The highest BCUT2D eigenvalue weighted by molar-refractivity contribution is 7.10. The van der Waals surface area contributed by atoms with Gasteiger partial charge in [-0.2, -0.15) is 0 Å². The Bertz CT molecular complexity index is 383. The number of amides is 1. The molecule has 2 N–H and O–H groups in total. The fourth-order valence-electron chi connectivity index (χ4n) is 1.93. The maximum Gasteiger partial charge on any atom is 0.221 e. The molecular formula is C9H13ClN4OS. The zero-order valence-electron chi connectivity index (χ0n) is 8.73. The lowest BCUT2D eigenvalue weighted by molar-refractivity contribution is -0.123. The second kappa shape index (κ2) is 5.07. The molecule has 0 spiro atoms. The molecule has 1 aliphatic heterocycles. The van der Waals surface area contributed by atoms with E-state index in [1.807, 2.05) is 0 Å². The molecule has 88 valence electrons. The summed E-state index contributed by atoms with van der Waals surface area (Å²) in [7, 11) is 0. The Kier molecular flexibility index (Phi) is 3.73. The van der Waals surface area contributed by atoms with Gasteiger partial charge in [0.05, 0.1) is 5.92 Å². The van der Waals surface area contributed by atoms with Crippen molar-refractivity contribution in [1.82, 2.24) is 14.5 Å². The average Bonchev–Trinajstić information content (AvgIpc) is 2.65. The van der Waals surface area contributed by atoms with Crippen molar-refractivity contribution in [3.63, 3.8) is 0 Å². The number of likely N-dealkylation sites (tertiary alicyclic amines) is 1. The first-order chi connectivity index (χ1) is 7.66. The van der Waals surface area contributed by atoms with E-state index >= 15 is 0 Å². The van der Waals surface area contributed by atoms with E-state index in [0.29, 0.717) is 17.4 Å². The number of hydrogen-bond donors (Lipinski definition) is 1. The van der Waals surface area contributed by atoms with Gasteiger partial charge in [-0.05, 0) is 19.4 Å². The van der Waals surface area contributed by atoms with Crippen molar-refractivity contribution in [1.29, 1.82) is 0 Å². The summed E-state index contributed by atoms with van der Waals surface area (Å²) in [6.07, 6.45) is 1.87. The Balaban J connectivity index is 1.95. The molecule has 0 aromatic carbocycles. The van der Waals surface area contributed by atoms with Gasteiger partial charge in [-0.25, -0.2) is 0 Å². The maximum absolute atomic E-state index is 11.1. The highest BCUT2D eigenvalue weighted by Crippen LogP contribution is 2.22. The van der Waals surface area contributed by atoms with Crippen LogP contribution in [0, 0.1) is 5.92 Å². The normalized spacial score (nSPS) is 22.2. The molecule has 0 bridgehead atoms. The highest BCUT2D eigenvalue weighted by Gasteiger charge is 2.24. The largest absolute Gasteiger partial charge is 0.369 e. The zero-order chi connectivity index (χ0) is 11.5. The lowest BCUT2D eigenvalue weighted by atomic mass is 9.97. The number of carbonyl (C=O) groups is 1. The van der Waals surface area contributed by atoms with Crippen LogP contribution in [0.4, 0.5) is 0 Å². The molecule has 1 atom stereocenters. The van der Waals surface area contributed by atoms with Crippen LogP contribution < -0.4 is 5.73 Å². The summed E-state index contributed by atoms with van der Waals surface area (Å²) in [5, 5.41) is 3.96. The van der Waals surface area contributed by atoms with Gasteiger partial charge < -0.3 is 5.73 Å². The van der Waals surface area contributed by atoms with E-state index in [0.717, 1.165) is 25.1 Å². The lowest BCUT2D eigenvalue weighted by Crippen LogP contribution is -2.40. The third-order valence-corrected chi connectivity index (χ3v) is 3.78. The number of piperidine rings is 1. The van der Waals surface area contributed by atoms with Crippen molar-refractivity contribution < 1.29 is 4.79 Å². The third kappa shape index (κ3) is 2.69. The number of halogens is 1. The average molecular weight is 261 g/mol. The van der Waals surface area contributed by atoms with Crippen molar-refractivity contribution in [2.24, 2.45) is 11.7 Å². The van der Waals surface area contributed by atoms with Crippen molar-refractivity contribution in [2.45, 2.75) is 19.4 Å². The zero-order valence-corrected chi connectivity index (χ0v) is 10.3. The van der Waals surface area contributed by atoms with E-state index < -0.39 is 0 Å². The minimum atomic E-state index is -0.216. The molecule has 1 aliphatic rings. The van der Waals surface area contributed by atoms with E-state index in [9.17, 15) is 4.79 Å². The van der Waals surface area contributed by atoms with Crippen LogP contribution in [0.1, 0.15) is 18.5 Å². The van der Waals surface area contributed by atoms with Gasteiger partial charge in [0, 0.05) is 24.6 Å². The molecule has 0 saturated carbocycles. The summed E-state index contributed by atoms with van der Waals surface area (Å²) in [6.45, 7) is 2.31. The van der Waals surface area contributed by atoms with Crippen LogP contribution in [0.25, 0.3) is 0 Å². The number of rotatable bonds is 3. The van der Waals surface area contributed by atoms with Crippen molar-refractivity contribution in [3.8, 4) is 0 Å². The van der Waals surface area contributed by atoms with Gasteiger partial charge in [-0.15, -0.1) is 5.10 Å². The first-order valence-corrected chi connectivity index (χ1v) is 6.30. The molecule has 1 aromatic rings. The molecule has 1 aromatic heterocycles. The van der Waals surface area contributed by atoms with Crippen molar-refractivity contribution in [3.05, 3.63) is 10.0 Å². The molecule has 0 aliphatic carbocycles. The summed E-state index contributed by atoms with van der Waals surface area (Å²) in [5.41, 5.74) is 6.10. The number of hydrogen-bond acceptors (Lipinski definition) is 5.